The van der Waals surface area contributed by atoms with E-state index in [1.165, 1.54) is 4.31 Å². The molecular weight excluding hydrogens is 551 g/mol. The van der Waals surface area contributed by atoms with Crippen LogP contribution in [0.3, 0.4) is 0 Å². The van der Waals surface area contributed by atoms with E-state index in [0.29, 0.717) is 44.5 Å². The Bertz CT molecular complexity index is 1210. The number of carbonyl (C=O) groups is 2. The number of hydrogen-bond acceptors (Lipinski definition) is 6. The summed E-state index contributed by atoms with van der Waals surface area (Å²) in [6.07, 6.45) is -4.20. The largest absolute Gasteiger partial charge is 0.494 e. The van der Waals surface area contributed by atoms with Crippen LogP contribution in [0.4, 0.5) is 13.2 Å². The normalized spacial score (nSPS) is 14.1. The lowest BCUT2D eigenvalue weighted by molar-refractivity contribution is -0.192. The molecule has 1 heterocycles. The molecule has 2 aromatic carbocycles. The van der Waals surface area contributed by atoms with E-state index >= 15 is 0 Å². The minimum atomic E-state index is -5.08. The van der Waals surface area contributed by atoms with Gasteiger partial charge in [-0.3, -0.25) is 4.79 Å². The first-order chi connectivity index (χ1) is 18.7. The molecule has 1 fully saturated rings. The second-order valence-corrected chi connectivity index (χ2v) is 11.5. The number of alkyl halides is 3. The minimum Gasteiger partial charge on any atom is -0.494 e. The number of sulfonamides is 1. The van der Waals surface area contributed by atoms with Crippen molar-refractivity contribution in [2.24, 2.45) is 5.92 Å². The van der Waals surface area contributed by atoms with Gasteiger partial charge in [0, 0.05) is 32.7 Å². The van der Waals surface area contributed by atoms with Crippen molar-refractivity contribution in [3.8, 4) is 5.75 Å². The third kappa shape index (κ3) is 10.4. The van der Waals surface area contributed by atoms with Crippen molar-refractivity contribution < 1.29 is 41.0 Å². The Hall–Kier alpha value is -3.16. The van der Waals surface area contributed by atoms with Gasteiger partial charge in [-0.1, -0.05) is 38.1 Å². The second kappa shape index (κ2) is 15.0. The van der Waals surface area contributed by atoms with Gasteiger partial charge in [-0.05, 0) is 54.7 Å². The zero-order valence-electron chi connectivity index (χ0n) is 22.8. The van der Waals surface area contributed by atoms with E-state index < -0.39 is 22.2 Å². The van der Waals surface area contributed by atoms with Gasteiger partial charge in [0.2, 0.25) is 15.9 Å². The van der Waals surface area contributed by atoms with Crippen LogP contribution in [0.25, 0.3) is 0 Å². The number of benzene rings is 2. The molecule has 2 aromatic rings. The molecule has 0 spiro atoms. The van der Waals surface area contributed by atoms with Gasteiger partial charge in [0.1, 0.15) is 5.75 Å². The molecule has 1 aliphatic heterocycles. The van der Waals surface area contributed by atoms with Gasteiger partial charge in [-0.15, -0.1) is 0 Å². The Morgan fingerprint density at radius 3 is 2.20 bits per heavy atom. The molecule has 0 saturated carbocycles. The van der Waals surface area contributed by atoms with Gasteiger partial charge in [-0.2, -0.15) is 17.5 Å². The summed E-state index contributed by atoms with van der Waals surface area (Å²) in [5, 5.41) is 10.3. The van der Waals surface area contributed by atoms with Crippen molar-refractivity contribution in [1.82, 2.24) is 14.5 Å². The van der Waals surface area contributed by atoms with E-state index in [1.807, 2.05) is 43.3 Å². The number of carboxylic acids is 1. The van der Waals surface area contributed by atoms with E-state index in [0.717, 1.165) is 17.5 Å². The Morgan fingerprint density at radius 2 is 1.68 bits per heavy atom. The summed E-state index contributed by atoms with van der Waals surface area (Å²) in [4.78, 5) is 23.8. The standard InChI is InChI=1S/C25H35N3O4S.C2HF3O2/c1-4-32-23-7-5-6-22(17-23)18-28(19-25(29)27-14-12-26-13-15-27)33(30,31)24-10-8-21(9-11-24)16-20(2)3;3-2(4,5)1(6)7/h5-11,17,20,26H,4,12-16,18-19H2,1-3H3;(H,6,7). The molecule has 3 rings (SSSR count). The molecule has 0 bridgehead atoms. The van der Waals surface area contributed by atoms with E-state index in [1.54, 1.807) is 17.0 Å². The highest BCUT2D eigenvalue weighted by molar-refractivity contribution is 7.89. The van der Waals surface area contributed by atoms with E-state index in [9.17, 15) is 26.4 Å². The predicted octanol–water partition coefficient (Wildman–Crippen LogP) is 3.54. The van der Waals surface area contributed by atoms with Crippen molar-refractivity contribution in [2.75, 3.05) is 39.3 Å². The topological polar surface area (TPSA) is 116 Å². The monoisotopic (exact) mass is 587 g/mol. The molecule has 13 heteroatoms. The third-order valence-corrected chi connectivity index (χ3v) is 7.60. The van der Waals surface area contributed by atoms with Crippen LogP contribution in [0.5, 0.6) is 5.75 Å². The highest BCUT2D eigenvalue weighted by Crippen LogP contribution is 2.22. The maximum Gasteiger partial charge on any atom is 0.490 e. The second-order valence-electron chi connectivity index (χ2n) is 9.53. The van der Waals surface area contributed by atoms with Crippen molar-refractivity contribution in [3.63, 3.8) is 0 Å². The zero-order valence-corrected chi connectivity index (χ0v) is 23.6. The molecule has 40 heavy (non-hydrogen) atoms. The van der Waals surface area contributed by atoms with Crippen LogP contribution in [0.2, 0.25) is 0 Å². The summed E-state index contributed by atoms with van der Waals surface area (Å²) >= 11 is 0. The smallest absolute Gasteiger partial charge is 0.490 e. The summed E-state index contributed by atoms with van der Waals surface area (Å²) in [5.74, 6) is -1.78. The maximum atomic E-state index is 13.6. The molecule has 0 aliphatic carbocycles. The van der Waals surface area contributed by atoms with Crippen LogP contribution < -0.4 is 10.1 Å². The quantitative estimate of drug-likeness (QED) is 0.437. The first-order valence-electron chi connectivity index (χ1n) is 12.8. The fourth-order valence-electron chi connectivity index (χ4n) is 3.91. The number of carbonyl (C=O) groups excluding carboxylic acids is 1. The Labute approximate surface area is 233 Å². The Balaban J connectivity index is 0.000000708. The highest BCUT2D eigenvalue weighted by atomic mass is 32.2. The van der Waals surface area contributed by atoms with Gasteiger partial charge in [0.25, 0.3) is 0 Å². The van der Waals surface area contributed by atoms with E-state index in [2.05, 4.69) is 19.2 Å². The molecule has 2 N–H and O–H groups in total. The number of hydrogen-bond donors (Lipinski definition) is 2. The first kappa shape index (κ1) is 33.0. The summed E-state index contributed by atoms with van der Waals surface area (Å²) in [5.41, 5.74) is 1.87. The molecule has 0 radical (unpaired) electrons. The van der Waals surface area contributed by atoms with Crippen LogP contribution in [0, 0.1) is 5.92 Å². The summed E-state index contributed by atoms with van der Waals surface area (Å²) in [6, 6.07) is 14.4. The van der Waals surface area contributed by atoms with Crippen LogP contribution in [0.1, 0.15) is 31.9 Å². The van der Waals surface area contributed by atoms with Gasteiger partial charge < -0.3 is 20.1 Å². The number of rotatable bonds is 10. The first-order valence-corrected chi connectivity index (χ1v) is 14.3. The molecule has 1 aliphatic rings. The summed E-state index contributed by atoms with van der Waals surface area (Å²) in [6.45, 7) is 9.16. The van der Waals surface area contributed by atoms with Crippen molar-refractivity contribution in [1.29, 1.82) is 0 Å². The van der Waals surface area contributed by atoms with Crippen LogP contribution >= 0.6 is 0 Å². The molecular formula is C27H36F3N3O6S. The van der Waals surface area contributed by atoms with Crippen LogP contribution in [-0.4, -0.2) is 80.1 Å². The third-order valence-electron chi connectivity index (χ3n) is 5.80. The van der Waals surface area contributed by atoms with E-state index in [4.69, 9.17) is 14.6 Å². The fraction of sp³-hybridized carbons (Fsp3) is 0.481. The lowest BCUT2D eigenvalue weighted by Crippen LogP contribution is -2.50. The zero-order chi connectivity index (χ0) is 29.9. The number of piperazine rings is 1. The number of amides is 1. The Kier molecular flexibility index (Phi) is 12.4. The lowest BCUT2D eigenvalue weighted by Gasteiger charge is -2.30. The molecule has 0 unspecified atom stereocenters. The highest BCUT2D eigenvalue weighted by Gasteiger charge is 2.38. The summed E-state index contributed by atoms with van der Waals surface area (Å²) < 4.78 is 65.8. The number of nitrogens with one attached hydrogen (secondary N) is 1. The average molecular weight is 588 g/mol. The minimum absolute atomic E-state index is 0.0921. The van der Waals surface area contributed by atoms with Gasteiger partial charge >= 0.3 is 12.1 Å². The maximum absolute atomic E-state index is 13.6. The lowest BCUT2D eigenvalue weighted by atomic mass is 10.0. The van der Waals surface area contributed by atoms with Crippen LogP contribution in [0.15, 0.2) is 53.4 Å². The Morgan fingerprint density at radius 1 is 1.07 bits per heavy atom. The molecule has 1 amide bonds. The van der Waals surface area contributed by atoms with Gasteiger partial charge in [0.05, 0.1) is 18.0 Å². The predicted molar refractivity (Wildman–Crippen MR) is 143 cm³/mol. The SMILES string of the molecule is CCOc1cccc(CN(CC(=O)N2CCNCC2)S(=O)(=O)c2ccc(CC(C)C)cc2)c1.O=C(O)C(F)(F)F. The van der Waals surface area contributed by atoms with Gasteiger partial charge in [-0.25, -0.2) is 13.2 Å². The number of halogens is 3. The molecule has 1 saturated heterocycles. The molecule has 0 atom stereocenters. The fourth-order valence-corrected chi connectivity index (χ4v) is 5.29. The van der Waals surface area contributed by atoms with Crippen molar-refractivity contribution >= 4 is 21.9 Å². The van der Waals surface area contributed by atoms with Crippen molar-refractivity contribution in [3.05, 3.63) is 59.7 Å². The number of ether oxygens (including phenoxy) is 1. The molecule has 222 valence electrons. The number of aliphatic carboxylic acids is 1. The number of carboxylic acid groups (broad SMARTS) is 1. The van der Waals surface area contributed by atoms with Gasteiger partial charge in [0.15, 0.2) is 0 Å². The average Bonchev–Trinajstić information content (AvgIpc) is 2.89. The summed E-state index contributed by atoms with van der Waals surface area (Å²) in [7, 11) is -3.87. The van der Waals surface area contributed by atoms with Crippen LogP contribution in [-0.2, 0) is 32.6 Å². The van der Waals surface area contributed by atoms with Crippen molar-refractivity contribution in [2.45, 2.75) is 44.8 Å². The number of nitrogens with zero attached hydrogens (tertiary/aromatic N) is 2. The van der Waals surface area contributed by atoms with E-state index in [-0.39, 0.29) is 23.9 Å². The molecule has 9 nitrogen and oxygen atoms in total. The molecule has 0 aromatic heterocycles.